The summed E-state index contributed by atoms with van der Waals surface area (Å²) in [6, 6.07) is 5.62. The minimum absolute atomic E-state index is 0.181. The average Bonchev–Trinajstić information content (AvgIpc) is 3.16. The molecule has 3 aromatic rings. The molecule has 1 amide bonds. The van der Waals surface area contributed by atoms with Crippen molar-refractivity contribution in [3.05, 3.63) is 53.5 Å². The standard InChI is InChI=1S/C22H21F5N4O/c1-12-5-7-14(8-6-12)31-11-13-9-18(15(20(23)24)10-17(13)30-31)29-21(32)16-3-2-4-19(28-16)22(25,26)27/h2-4,9-12,14,20H,5-8H2,1H3,(H,29,32). The van der Waals surface area contributed by atoms with Gasteiger partial charge in [-0.25, -0.2) is 13.8 Å². The summed E-state index contributed by atoms with van der Waals surface area (Å²) in [7, 11) is 0. The van der Waals surface area contributed by atoms with Gasteiger partial charge >= 0.3 is 6.18 Å². The molecule has 2 heterocycles. The molecule has 170 valence electrons. The minimum Gasteiger partial charge on any atom is -0.320 e. The maximum absolute atomic E-state index is 13.7. The Hall–Kier alpha value is -3.04. The third kappa shape index (κ3) is 4.58. The zero-order valence-corrected chi connectivity index (χ0v) is 17.2. The van der Waals surface area contributed by atoms with E-state index in [2.05, 4.69) is 22.3 Å². The van der Waals surface area contributed by atoms with Gasteiger partial charge in [-0.2, -0.15) is 18.3 Å². The Bertz CT molecular complexity index is 1130. The predicted octanol–water partition coefficient (Wildman–Crippen LogP) is 6.39. The molecule has 4 rings (SSSR count). The predicted molar refractivity (Wildman–Crippen MR) is 109 cm³/mol. The van der Waals surface area contributed by atoms with Crippen LogP contribution in [0.4, 0.5) is 27.6 Å². The number of anilines is 1. The van der Waals surface area contributed by atoms with Crippen LogP contribution in [0.2, 0.25) is 0 Å². The lowest BCUT2D eigenvalue weighted by Gasteiger charge is -2.26. The van der Waals surface area contributed by atoms with E-state index in [1.807, 2.05) is 0 Å². The molecule has 1 aliphatic rings. The lowest BCUT2D eigenvalue weighted by molar-refractivity contribution is -0.141. The number of rotatable bonds is 4. The van der Waals surface area contributed by atoms with Gasteiger partial charge in [0.15, 0.2) is 0 Å². The van der Waals surface area contributed by atoms with E-state index in [1.165, 1.54) is 12.1 Å². The van der Waals surface area contributed by atoms with Crippen LogP contribution >= 0.6 is 0 Å². The number of hydrogen-bond donors (Lipinski definition) is 1. The van der Waals surface area contributed by atoms with Gasteiger partial charge in [0, 0.05) is 17.1 Å². The summed E-state index contributed by atoms with van der Waals surface area (Å²) < 4.78 is 67.8. The number of alkyl halides is 5. The summed E-state index contributed by atoms with van der Waals surface area (Å²) in [5.41, 5.74) is -2.03. The number of nitrogens with zero attached hydrogens (tertiary/aromatic N) is 3. The largest absolute Gasteiger partial charge is 0.433 e. The molecule has 1 aliphatic carbocycles. The van der Waals surface area contributed by atoms with Gasteiger partial charge in [0.1, 0.15) is 11.4 Å². The van der Waals surface area contributed by atoms with Gasteiger partial charge in [-0.05, 0) is 55.9 Å². The monoisotopic (exact) mass is 452 g/mol. The van der Waals surface area contributed by atoms with E-state index in [9.17, 15) is 26.7 Å². The molecule has 0 radical (unpaired) electrons. The molecular weight excluding hydrogens is 431 g/mol. The van der Waals surface area contributed by atoms with E-state index in [0.29, 0.717) is 16.8 Å². The Morgan fingerprint density at radius 3 is 2.53 bits per heavy atom. The van der Waals surface area contributed by atoms with Crippen molar-refractivity contribution in [2.24, 2.45) is 5.92 Å². The van der Waals surface area contributed by atoms with E-state index in [-0.39, 0.29) is 11.7 Å². The van der Waals surface area contributed by atoms with E-state index in [0.717, 1.165) is 43.9 Å². The summed E-state index contributed by atoms with van der Waals surface area (Å²) in [4.78, 5) is 15.8. The number of pyridine rings is 1. The van der Waals surface area contributed by atoms with Gasteiger partial charge in [-0.3, -0.25) is 9.48 Å². The van der Waals surface area contributed by atoms with Crippen molar-refractivity contribution < 1.29 is 26.7 Å². The first-order valence-electron chi connectivity index (χ1n) is 10.3. The molecule has 0 bridgehead atoms. The number of halogens is 5. The fourth-order valence-corrected chi connectivity index (χ4v) is 4.00. The molecule has 2 aromatic heterocycles. The van der Waals surface area contributed by atoms with E-state index >= 15 is 0 Å². The lowest BCUT2D eigenvalue weighted by Crippen LogP contribution is -2.17. The second-order valence-electron chi connectivity index (χ2n) is 8.18. The second kappa shape index (κ2) is 8.48. The molecule has 0 unspecified atom stereocenters. The third-order valence-electron chi connectivity index (χ3n) is 5.81. The van der Waals surface area contributed by atoms with E-state index in [4.69, 9.17) is 0 Å². The molecule has 1 aromatic carbocycles. The van der Waals surface area contributed by atoms with Crippen LogP contribution in [-0.2, 0) is 6.18 Å². The minimum atomic E-state index is -4.73. The number of carbonyl (C=O) groups is 1. The summed E-state index contributed by atoms with van der Waals surface area (Å²) in [5.74, 6) is -0.362. The van der Waals surface area contributed by atoms with Gasteiger partial charge in [-0.15, -0.1) is 0 Å². The molecule has 1 saturated carbocycles. The van der Waals surface area contributed by atoms with Crippen LogP contribution in [0.15, 0.2) is 36.5 Å². The fourth-order valence-electron chi connectivity index (χ4n) is 4.00. The molecule has 1 N–H and O–H groups in total. The summed E-state index contributed by atoms with van der Waals surface area (Å²) in [6.45, 7) is 2.19. The summed E-state index contributed by atoms with van der Waals surface area (Å²) in [5, 5.41) is 7.30. The van der Waals surface area contributed by atoms with Crippen molar-refractivity contribution in [2.75, 3.05) is 5.32 Å². The normalized spacial score (nSPS) is 19.5. The molecule has 0 saturated heterocycles. The molecule has 0 aliphatic heterocycles. The lowest BCUT2D eigenvalue weighted by atomic mass is 9.87. The van der Waals surface area contributed by atoms with Gasteiger partial charge < -0.3 is 5.32 Å². The van der Waals surface area contributed by atoms with Gasteiger partial charge in [0.25, 0.3) is 12.3 Å². The molecule has 10 heteroatoms. The van der Waals surface area contributed by atoms with Crippen LogP contribution in [-0.4, -0.2) is 20.7 Å². The van der Waals surface area contributed by atoms with Crippen molar-refractivity contribution in [3.8, 4) is 0 Å². The Morgan fingerprint density at radius 1 is 1.16 bits per heavy atom. The highest BCUT2D eigenvalue weighted by molar-refractivity contribution is 6.04. The average molecular weight is 452 g/mol. The number of amides is 1. The Morgan fingerprint density at radius 2 is 1.88 bits per heavy atom. The molecular formula is C22H21F5N4O. The van der Waals surface area contributed by atoms with Gasteiger partial charge in [0.2, 0.25) is 0 Å². The molecule has 0 spiro atoms. The molecule has 32 heavy (non-hydrogen) atoms. The van der Waals surface area contributed by atoms with E-state index < -0.39 is 35.5 Å². The number of fused-ring (bicyclic) bond motifs is 1. The van der Waals surface area contributed by atoms with Gasteiger partial charge in [0.05, 0.1) is 17.2 Å². The smallest absolute Gasteiger partial charge is 0.320 e. The van der Waals surface area contributed by atoms with Crippen molar-refractivity contribution in [2.45, 2.75) is 51.3 Å². The molecule has 5 nitrogen and oxygen atoms in total. The number of hydrogen-bond acceptors (Lipinski definition) is 3. The first kappa shape index (κ1) is 22.2. The number of nitrogens with one attached hydrogen (secondary N) is 1. The maximum Gasteiger partial charge on any atom is 0.433 e. The Labute approximate surface area is 180 Å². The highest BCUT2D eigenvalue weighted by atomic mass is 19.4. The fraction of sp³-hybridized carbons (Fsp3) is 0.409. The topological polar surface area (TPSA) is 59.8 Å². The summed E-state index contributed by atoms with van der Waals surface area (Å²) in [6.07, 6.45) is -1.87. The maximum atomic E-state index is 13.7. The highest BCUT2D eigenvalue weighted by Gasteiger charge is 2.33. The van der Waals surface area contributed by atoms with Crippen LogP contribution in [0.5, 0.6) is 0 Å². The molecule has 1 fully saturated rings. The quantitative estimate of drug-likeness (QED) is 0.467. The van der Waals surface area contributed by atoms with Gasteiger partial charge in [-0.1, -0.05) is 13.0 Å². The zero-order chi connectivity index (χ0) is 23.0. The summed E-state index contributed by atoms with van der Waals surface area (Å²) >= 11 is 0. The Kier molecular flexibility index (Phi) is 5.87. The number of carbonyl (C=O) groups excluding carboxylic acids is 1. The van der Waals surface area contributed by atoms with Crippen molar-refractivity contribution in [1.82, 2.24) is 14.8 Å². The van der Waals surface area contributed by atoms with Crippen LogP contribution in [0.1, 0.15) is 66.8 Å². The number of benzene rings is 1. The first-order chi connectivity index (χ1) is 15.1. The molecule has 0 atom stereocenters. The van der Waals surface area contributed by atoms with Crippen molar-refractivity contribution >= 4 is 22.5 Å². The third-order valence-corrected chi connectivity index (χ3v) is 5.81. The van der Waals surface area contributed by atoms with Crippen molar-refractivity contribution in [3.63, 3.8) is 0 Å². The van der Waals surface area contributed by atoms with Crippen LogP contribution in [0, 0.1) is 5.92 Å². The first-order valence-corrected chi connectivity index (χ1v) is 10.3. The van der Waals surface area contributed by atoms with Crippen LogP contribution in [0.3, 0.4) is 0 Å². The Balaban J connectivity index is 1.64. The van der Waals surface area contributed by atoms with E-state index in [1.54, 1.807) is 10.9 Å². The van der Waals surface area contributed by atoms with Crippen LogP contribution in [0.25, 0.3) is 10.9 Å². The zero-order valence-electron chi connectivity index (χ0n) is 17.2. The SMILES string of the molecule is CC1CCC(n2cc3cc(NC(=O)c4cccc(C(F)(F)F)n4)c(C(F)F)cc3n2)CC1. The van der Waals surface area contributed by atoms with Crippen LogP contribution < -0.4 is 5.32 Å². The highest BCUT2D eigenvalue weighted by Crippen LogP contribution is 2.35. The van der Waals surface area contributed by atoms with Crippen molar-refractivity contribution in [1.29, 1.82) is 0 Å². The number of aromatic nitrogens is 3. The second-order valence-corrected chi connectivity index (χ2v) is 8.18.